The second kappa shape index (κ2) is 16.2. The average Bonchev–Trinajstić information content (AvgIpc) is 4.05. The van der Waals surface area contributed by atoms with Gasteiger partial charge in [0.05, 0.1) is 57.7 Å². The quantitative estimate of drug-likeness (QED) is 0.164. The zero-order chi connectivity index (χ0) is 39.5. The molecule has 2 amide bonds. The van der Waals surface area contributed by atoms with Gasteiger partial charge in [-0.25, -0.2) is 9.97 Å². The van der Waals surface area contributed by atoms with Gasteiger partial charge >= 0.3 is 0 Å². The van der Waals surface area contributed by atoms with Crippen molar-refractivity contribution in [2.75, 3.05) is 44.5 Å². The normalized spacial score (nSPS) is 17.6. The summed E-state index contributed by atoms with van der Waals surface area (Å²) >= 11 is 2.84. The Morgan fingerprint density at radius 1 is 0.875 bits per heavy atom. The summed E-state index contributed by atoms with van der Waals surface area (Å²) in [5, 5.41) is 36.9. The Bertz CT molecular complexity index is 2500. The molecule has 4 aromatic heterocycles. The Morgan fingerprint density at radius 2 is 1.55 bits per heavy atom. The number of aryl methyl sites for hydroxylation is 2. The number of methoxy groups -OCH3 is 2. The lowest BCUT2D eigenvalue weighted by molar-refractivity contribution is -0.120. The Morgan fingerprint density at radius 3 is 2.14 bits per heavy atom. The average molecular weight is 792 g/mol. The van der Waals surface area contributed by atoms with Gasteiger partial charge in [-0.05, 0) is 69.0 Å². The molecule has 2 saturated heterocycles. The van der Waals surface area contributed by atoms with Crippen molar-refractivity contribution in [1.29, 1.82) is 10.5 Å². The van der Waals surface area contributed by atoms with E-state index in [1.807, 2.05) is 57.2 Å². The number of rotatable bonds is 8. The van der Waals surface area contributed by atoms with Crippen molar-refractivity contribution in [2.45, 2.75) is 39.7 Å². The lowest BCUT2D eigenvalue weighted by Crippen LogP contribution is -2.32. The van der Waals surface area contributed by atoms with E-state index in [9.17, 15) is 9.59 Å². The molecule has 2 fully saturated rings. The Kier molecular flexibility index (Phi) is 10.9. The highest BCUT2D eigenvalue weighted by Crippen LogP contribution is 2.36. The highest BCUT2D eigenvalue weighted by atomic mass is 32.1. The minimum atomic E-state index is -0.200. The minimum absolute atomic E-state index is 0.0785. The van der Waals surface area contributed by atoms with Gasteiger partial charge in [-0.15, -0.1) is 10.2 Å². The summed E-state index contributed by atoms with van der Waals surface area (Å²) in [6.07, 6.45) is 5.58. The summed E-state index contributed by atoms with van der Waals surface area (Å²) < 4.78 is 17.6. The number of carbonyl (C=O) groups excluding carboxylic acids is 2. The highest BCUT2D eigenvalue weighted by Gasteiger charge is 2.35. The summed E-state index contributed by atoms with van der Waals surface area (Å²) in [5.74, 6) is 0.984. The number of hydrogen-bond donors (Lipinski definition) is 2. The van der Waals surface area contributed by atoms with Crippen LogP contribution in [0.1, 0.15) is 31.2 Å². The number of anilines is 2. The number of nitrogens with one attached hydrogen (secondary N) is 2. The maximum Gasteiger partial charge on any atom is 0.241 e. The van der Waals surface area contributed by atoms with Crippen LogP contribution in [0.3, 0.4) is 0 Å². The third-order valence-corrected chi connectivity index (χ3v) is 11.8. The SMILES string of the molecule is COc1cc(-c2ccc3nc(NC(=O)[C@H]4CCN(C#N)C4)sc3c2)c(OC)nn1.Cc1noc(C)c1-c1ccc2nc(NC(=O)[C@H]3CCN(C#N)[C@H]3C)sc2c1. The van der Waals surface area contributed by atoms with E-state index < -0.39 is 0 Å². The van der Waals surface area contributed by atoms with Crippen LogP contribution in [0.2, 0.25) is 0 Å². The molecule has 2 N–H and O–H groups in total. The third-order valence-electron chi connectivity index (χ3n) is 9.93. The van der Waals surface area contributed by atoms with Crippen LogP contribution in [0.5, 0.6) is 11.8 Å². The lowest BCUT2D eigenvalue weighted by atomic mass is 10.0. The molecule has 18 heteroatoms. The van der Waals surface area contributed by atoms with E-state index in [1.165, 1.54) is 36.9 Å². The van der Waals surface area contributed by atoms with E-state index in [-0.39, 0.29) is 29.7 Å². The van der Waals surface area contributed by atoms with Crippen molar-refractivity contribution in [3.63, 3.8) is 0 Å². The predicted octanol–water partition coefficient (Wildman–Crippen LogP) is 6.21. The van der Waals surface area contributed by atoms with Crippen LogP contribution in [0.15, 0.2) is 47.0 Å². The number of carbonyl (C=O) groups is 2. The molecule has 0 spiro atoms. The molecule has 8 rings (SSSR count). The molecule has 6 heterocycles. The molecule has 0 saturated carbocycles. The third kappa shape index (κ3) is 7.75. The van der Waals surface area contributed by atoms with Gasteiger partial charge in [0.25, 0.3) is 0 Å². The van der Waals surface area contributed by atoms with Crippen LogP contribution < -0.4 is 20.1 Å². The van der Waals surface area contributed by atoms with E-state index in [2.05, 4.69) is 48.3 Å². The smallest absolute Gasteiger partial charge is 0.241 e. The van der Waals surface area contributed by atoms with Crippen molar-refractivity contribution in [1.82, 2.24) is 35.1 Å². The summed E-state index contributed by atoms with van der Waals surface area (Å²) in [4.78, 5) is 37.3. The van der Waals surface area contributed by atoms with E-state index >= 15 is 0 Å². The number of aromatic nitrogens is 5. The van der Waals surface area contributed by atoms with Crippen molar-refractivity contribution in [3.05, 3.63) is 53.9 Å². The van der Waals surface area contributed by atoms with Crippen LogP contribution in [0.4, 0.5) is 10.3 Å². The van der Waals surface area contributed by atoms with E-state index in [0.717, 1.165) is 54.1 Å². The molecule has 3 atom stereocenters. The van der Waals surface area contributed by atoms with Crippen molar-refractivity contribution >= 4 is 65.2 Å². The van der Waals surface area contributed by atoms with Crippen LogP contribution in [0, 0.1) is 48.6 Å². The molecule has 0 radical (unpaired) electrons. The number of ether oxygens (including phenoxy) is 2. The number of likely N-dealkylation sites (tertiary alicyclic amines) is 2. The molecule has 56 heavy (non-hydrogen) atoms. The van der Waals surface area contributed by atoms with Gasteiger partial charge in [0, 0.05) is 37.3 Å². The first kappa shape index (κ1) is 37.9. The second-order valence-corrected chi connectivity index (χ2v) is 15.4. The van der Waals surface area contributed by atoms with Crippen molar-refractivity contribution in [2.24, 2.45) is 11.8 Å². The Labute approximate surface area is 329 Å². The fraction of sp³-hybridized carbons (Fsp3) is 0.342. The first-order chi connectivity index (χ1) is 27.1. The van der Waals surface area contributed by atoms with Crippen molar-refractivity contribution < 1.29 is 23.6 Å². The zero-order valence-electron chi connectivity index (χ0n) is 31.2. The van der Waals surface area contributed by atoms with Gasteiger partial charge in [-0.3, -0.25) is 9.59 Å². The maximum absolute atomic E-state index is 12.6. The molecule has 2 aliphatic rings. The predicted molar refractivity (Wildman–Crippen MR) is 211 cm³/mol. The molecule has 2 aliphatic heterocycles. The van der Waals surface area contributed by atoms with Gasteiger partial charge in [0.1, 0.15) is 5.76 Å². The zero-order valence-corrected chi connectivity index (χ0v) is 32.8. The van der Waals surface area contributed by atoms with E-state index in [1.54, 1.807) is 15.9 Å². The molecule has 2 aromatic carbocycles. The topological polar surface area (TPSA) is 208 Å². The lowest BCUT2D eigenvalue weighted by Gasteiger charge is -2.18. The van der Waals surface area contributed by atoms with Crippen molar-refractivity contribution in [3.8, 4) is 46.4 Å². The molecular weight excluding hydrogens is 755 g/mol. The highest BCUT2D eigenvalue weighted by molar-refractivity contribution is 7.22. The van der Waals surface area contributed by atoms with Crippen LogP contribution in [-0.4, -0.2) is 86.8 Å². The summed E-state index contributed by atoms with van der Waals surface area (Å²) in [6, 6.07) is 13.4. The van der Waals surface area contributed by atoms with Gasteiger partial charge in [0.15, 0.2) is 22.6 Å². The van der Waals surface area contributed by atoms with E-state index in [0.29, 0.717) is 54.5 Å². The largest absolute Gasteiger partial charge is 0.480 e. The number of nitriles is 2. The molecule has 286 valence electrons. The number of benzene rings is 2. The fourth-order valence-corrected chi connectivity index (χ4v) is 8.71. The fourth-order valence-electron chi connectivity index (χ4n) is 6.90. The number of fused-ring (bicyclic) bond motifs is 2. The first-order valence-electron chi connectivity index (χ1n) is 17.7. The summed E-state index contributed by atoms with van der Waals surface area (Å²) in [7, 11) is 3.07. The summed E-state index contributed by atoms with van der Waals surface area (Å²) in [5.41, 5.74) is 6.12. The molecule has 16 nitrogen and oxygen atoms in total. The van der Waals surface area contributed by atoms with Crippen LogP contribution >= 0.6 is 22.7 Å². The Hall–Kier alpha value is -6.37. The van der Waals surface area contributed by atoms with Crippen LogP contribution in [0.25, 0.3) is 42.7 Å². The summed E-state index contributed by atoms with van der Waals surface area (Å²) in [6.45, 7) is 7.41. The standard InChI is InChI=1S/C19H18N6O3S.C19H19N5O2S/c1-27-16-8-13(18(28-2)24-23-16)11-3-4-14-15(7-11)29-19(21-14)22-17(26)12-5-6-25(9-12)10-20;1-10-17(12(3)26-23-10)13-4-5-15-16(8-13)27-19(21-15)22-18(25)14-6-7-24(9-20)11(14)2/h3-4,7-8,12H,5-6,9H2,1-2H3,(H,21,22,26);4-5,8,11,14H,6-7H2,1-3H3,(H,21,22,25)/t12-;11-,14-/m00/s1. The molecule has 0 unspecified atom stereocenters. The second-order valence-electron chi connectivity index (χ2n) is 13.4. The molecular formula is C38H37N11O5S2. The first-order valence-corrected chi connectivity index (χ1v) is 19.4. The Balaban J connectivity index is 0.000000172. The van der Waals surface area contributed by atoms with Gasteiger partial charge in [0.2, 0.25) is 23.6 Å². The molecule has 0 bridgehead atoms. The van der Waals surface area contributed by atoms with Gasteiger partial charge < -0.3 is 34.4 Å². The van der Waals surface area contributed by atoms with E-state index in [4.69, 9.17) is 24.5 Å². The number of amides is 2. The maximum atomic E-state index is 12.6. The number of nitrogens with zero attached hydrogens (tertiary/aromatic N) is 9. The number of hydrogen-bond acceptors (Lipinski definition) is 16. The molecule has 6 aromatic rings. The van der Waals surface area contributed by atoms with Gasteiger partial charge in [-0.1, -0.05) is 40.0 Å². The monoisotopic (exact) mass is 791 g/mol. The van der Waals surface area contributed by atoms with Gasteiger partial charge in [-0.2, -0.15) is 10.5 Å². The van der Waals surface area contributed by atoms with Crippen LogP contribution in [-0.2, 0) is 9.59 Å². The minimum Gasteiger partial charge on any atom is -0.480 e. The molecule has 0 aliphatic carbocycles. The number of thiazole rings is 2.